The van der Waals surface area contributed by atoms with Gasteiger partial charge in [-0.1, -0.05) is 0 Å². The molecule has 0 spiro atoms. The maximum absolute atomic E-state index is 11.4. The molecular weight excluding hydrogens is 230 g/mol. The summed E-state index contributed by atoms with van der Waals surface area (Å²) < 4.78 is 15.4. The lowest BCUT2D eigenvalue weighted by Crippen LogP contribution is -2.36. The molecule has 1 fully saturated rings. The highest BCUT2D eigenvalue weighted by atomic mass is 16.7. The van der Waals surface area contributed by atoms with Crippen LogP contribution in [0, 0.1) is 10.1 Å². The van der Waals surface area contributed by atoms with Crippen LogP contribution in [-0.2, 0) is 19.0 Å². The average Bonchev–Trinajstić information content (AvgIpc) is 2.54. The molecule has 0 bridgehead atoms. The molecule has 0 aromatic heterocycles. The maximum Gasteiger partial charge on any atom is 0.381 e. The Morgan fingerprint density at radius 1 is 1.65 bits per heavy atom. The van der Waals surface area contributed by atoms with Crippen molar-refractivity contribution in [2.24, 2.45) is 0 Å². The number of ether oxygens (including phenoxy) is 3. The van der Waals surface area contributed by atoms with E-state index < -0.39 is 28.8 Å². The first-order valence-electron chi connectivity index (χ1n) is 5.47. The standard InChI is InChI=1S/C10H17NO6/c1-4-15-9(12)8(11(13)14)5-7-6-16-10(2,3)17-7/h7-8H,4-6H2,1-3H3/t7-,8?/m0/s1. The normalized spacial score (nSPS) is 24.3. The van der Waals surface area contributed by atoms with Gasteiger partial charge < -0.3 is 14.2 Å². The Labute approximate surface area is 99.2 Å². The topological polar surface area (TPSA) is 87.9 Å². The summed E-state index contributed by atoms with van der Waals surface area (Å²) in [6, 6.07) is -1.39. The fourth-order valence-electron chi connectivity index (χ4n) is 1.64. The summed E-state index contributed by atoms with van der Waals surface area (Å²) in [6.45, 7) is 5.41. The van der Waals surface area contributed by atoms with E-state index in [1.807, 2.05) is 0 Å². The molecule has 1 rings (SSSR count). The first-order valence-corrected chi connectivity index (χ1v) is 5.47. The Kier molecular flexibility index (Phi) is 4.41. The fourth-order valence-corrected chi connectivity index (χ4v) is 1.64. The molecule has 0 amide bonds. The second-order valence-electron chi connectivity index (χ2n) is 4.24. The van der Waals surface area contributed by atoms with Crippen molar-refractivity contribution < 1.29 is 23.9 Å². The fraction of sp³-hybridized carbons (Fsp3) is 0.900. The Bertz CT molecular complexity index is 303. The second kappa shape index (κ2) is 5.42. The molecule has 1 aliphatic heterocycles. The lowest BCUT2D eigenvalue weighted by molar-refractivity contribution is -0.513. The van der Waals surface area contributed by atoms with Gasteiger partial charge >= 0.3 is 12.0 Å². The molecular formula is C10H17NO6. The minimum atomic E-state index is -1.39. The lowest BCUT2D eigenvalue weighted by Gasteiger charge is -2.17. The summed E-state index contributed by atoms with van der Waals surface area (Å²) in [7, 11) is 0. The van der Waals surface area contributed by atoms with Crippen LogP contribution in [0.4, 0.5) is 0 Å². The van der Waals surface area contributed by atoms with Crippen molar-refractivity contribution in [3.05, 3.63) is 10.1 Å². The van der Waals surface area contributed by atoms with Crippen LogP contribution in [0.3, 0.4) is 0 Å². The van der Waals surface area contributed by atoms with Gasteiger partial charge in [-0.3, -0.25) is 10.1 Å². The lowest BCUT2D eigenvalue weighted by atomic mass is 10.1. The van der Waals surface area contributed by atoms with E-state index in [-0.39, 0.29) is 19.6 Å². The molecule has 7 nitrogen and oxygen atoms in total. The van der Waals surface area contributed by atoms with Crippen LogP contribution in [0.5, 0.6) is 0 Å². The smallest absolute Gasteiger partial charge is 0.381 e. The van der Waals surface area contributed by atoms with Crippen LogP contribution in [0.15, 0.2) is 0 Å². The van der Waals surface area contributed by atoms with Gasteiger partial charge in [-0.15, -0.1) is 0 Å². The second-order valence-corrected chi connectivity index (χ2v) is 4.24. The Balaban J connectivity index is 2.56. The van der Waals surface area contributed by atoms with E-state index >= 15 is 0 Å². The highest BCUT2D eigenvalue weighted by Gasteiger charge is 2.40. The largest absolute Gasteiger partial charge is 0.461 e. The van der Waals surface area contributed by atoms with Crippen LogP contribution in [-0.4, -0.2) is 42.0 Å². The van der Waals surface area contributed by atoms with Crippen LogP contribution in [0.2, 0.25) is 0 Å². The number of hydrogen-bond donors (Lipinski definition) is 0. The van der Waals surface area contributed by atoms with E-state index in [0.29, 0.717) is 0 Å². The quantitative estimate of drug-likeness (QED) is 0.404. The minimum absolute atomic E-state index is 0.0325. The van der Waals surface area contributed by atoms with Crippen LogP contribution in [0.25, 0.3) is 0 Å². The van der Waals surface area contributed by atoms with E-state index in [4.69, 9.17) is 9.47 Å². The molecule has 1 aliphatic rings. The molecule has 0 aliphatic carbocycles. The summed E-state index contributed by atoms with van der Waals surface area (Å²) in [5, 5.41) is 10.8. The zero-order chi connectivity index (χ0) is 13.1. The number of nitro groups is 1. The predicted octanol–water partition coefficient (Wildman–Crippen LogP) is 0.736. The molecule has 98 valence electrons. The van der Waals surface area contributed by atoms with Crippen molar-refractivity contribution in [1.82, 2.24) is 0 Å². The monoisotopic (exact) mass is 247 g/mol. The molecule has 17 heavy (non-hydrogen) atoms. The third-order valence-electron chi connectivity index (χ3n) is 2.37. The minimum Gasteiger partial charge on any atom is -0.461 e. The van der Waals surface area contributed by atoms with Crippen molar-refractivity contribution >= 4 is 5.97 Å². The maximum atomic E-state index is 11.4. The molecule has 0 aromatic rings. The number of hydrogen-bond acceptors (Lipinski definition) is 6. The van der Waals surface area contributed by atoms with Crippen molar-refractivity contribution in [1.29, 1.82) is 0 Å². The number of nitrogens with zero attached hydrogens (tertiary/aromatic N) is 1. The van der Waals surface area contributed by atoms with E-state index in [0.717, 1.165) is 0 Å². The molecule has 0 saturated carbocycles. The Hall–Kier alpha value is -1.21. The summed E-state index contributed by atoms with van der Waals surface area (Å²) >= 11 is 0. The molecule has 2 atom stereocenters. The molecule has 7 heteroatoms. The highest BCUT2D eigenvalue weighted by molar-refractivity contribution is 5.74. The molecule has 1 saturated heterocycles. The molecule has 0 aromatic carbocycles. The third-order valence-corrected chi connectivity index (χ3v) is 2.37. The van der Waals surface area contributed by atoms with Gasteiger partial charge in [0.05, 0.1) is 25.7 Å². The van der Waals surface area contributed by atoms with Gasteiger partial charge in [-0.25, -0.2) is 4.79 Å². The first kappa shape index (κ1) is 13.9. The molecule has 0 N–H and O–H groups in total. The van der Waals surface area contributed by atoms with E-state index in [2.05, 4.69) is 4.74 Å². The van der Waals surface area contributed by atoms with Crippen LogP contribution >= 0.6 is 0 Å². The number of carbonyl (C=O) groups is 1. The predicted molar refractivity (Wildman–Crippen MR) is 56.9 cm³/mol. The van der Waals surface area contributed by atoms with E-state index in [1.165, 1.54) is 0 Å². The molecule has 1 heterocycles. The van der Waals surface area contributed by atoms with Gasteiger partial charge in [0.2, 0.25) is 0 Å². The Morgan fingerprint density at radius 3 is 2.71 bits per heavy atom. The van der Waals surface area contributed by atoms with E-state index in [9.17, 15) is 14.9 Å². The van der Waals surface area contributed by atoms with Gasteiger partial charge in [0, 0.05) is 4.92 Å². The van der Waals surface area contributed by atoms with Crippen LogP contribution < -0.4 is 0 Å². The first-order chi connectivity index (χ1) is 7.85. The molecule has 1 unspecified atom stereocenters. The highest BCUT2D eigenvalue weighted by Crippen LogP contribution is 2.25. The zero-order valence-electron chi connectivity index (χ0n) is 10.2. The van der Waals surface area contributed by atoms with E-state index in [1.54, 1.807) is 20.8 Å². The summed E-state index contributed by atoms with van der Waals surface area (Å²) in [5.41, 5.74) is 0. The van der Waals surface area contributed by atoms with Gasteiger partial charge in [-0.05, 0) is 20.8 Å². The number of esters is 1. The number of carbonyl (C=O) groups excluding carboxylic acids is 1. The number of rotatable bonds is 5. The average molecular weight is 247 g/mol. The van der Waals surface area contributed by atoms with Crippen molar-refractivity contribution in [3.63, 3.8) is 0 Å². The van der Waals surface area contributed by atoms with Crippen LogP contribution in [0.1, 0.15) is 27.2 Å². The Morgan fingerprint density at radius 2 is 2.29 bits per heavy atom. The summed E-state index contributed by atoms with van der Waals surface area (Å²) in [4.78, 5) is 21.5. The van der Waals surface area contributed by atoms with Gasteiger partial charge in [0.25, 0.3) is 0 Å². The van der Waals surface area contributed by atoms with Crippen molar-refractivity contribution in [2.75, 3.05) is 13.2 Å². The summed E-state index contributed by atoms with van der Waals surface area (Å²) in [5.74, 6) is -1.58. The SMILES string of the molecule is CCOC(=O)C(C[C@H]1COC(C)(C)O1)[N+](=O)[O-]. The third kappa shape index (κ3) is 3.94. The zero-order valence-corrected chi connectivity index (χ0v) is 10.2. The van der Waals surface area contributed by atoms with Crippen molar-refractivity contribution in [2.45, 2.75) is 45.1 Å². The summed E-state index contributed by atoms with van der Waals surface area (Å²) in [6.07, 6.45) is -0.486. The molecule has 0 radical (unpaired) electrons. The van der Waals surface area contributed by atoms with Gasteiger partial charge in [0.1, 0.15) is 0 Å². The van der Waals surface area contributed by atoms with Gasteiger partial charge in [0.15, 0.2) is 5.79 Å². The van der Waals surface area contributed by atoms with Gasteiger partial charge in [-0.2, -0.15) is 0 Å². The van der Waals surface area contributed by atoms with Crippen molar-refractivity contribution in [3.8, 4) is 0 Å².